The van der Waals surface area contributed by atoms with E-state index in [0.717, 1.165) is 0 Å². The predicted molar refractivity (Wildman–Crippen MR) is 75.9 cm³/mol. The van der Waals surface area contributed by atoms with Crippen LogP contribution in [-0.2, 0) is 9.59 Å². The molecule has 7 nitrogen and oxygen atoms in total. The van der Waals surface area contributed by atoms with Crippen molar-refractivity contribution in [2.24, 2.45) is 0 Å². The molecule has 1 atom stereocenters. The molecule has 1 aromatic rings. The number of carbonyl (C=O) groups excluding carboxylic acids is 2. The molecule has 114 valence electrons. The summed E-state index contributed by atoms with van der Waals surface area (Å²) in [5.41, 5.74) is 0. The quantitative estimate of drug-likeness (QED) is 0.753. The fraction of sp³-hybridized carbons (Fsp3) is 0.462. The molecule has 2 N–H and O–H groups in total. The lowest BCUT2D eigenvalue weighted by atomic mass is 10.2. The number of carboxylic acid groups (broad SMARTS) is 1. The highest BCUT2D eigenvalue weighted by Crippen LogP contribution is 2.22. The van der Waals surface area contributed by atoms with Crippen LogP contribution < -0.4 is 5.32 Å². The standard InChI is InChI=1S/C13H16N2O5S/c16-11(15-8-21-7-9(15)13(18)19)4-1-5-14-12(17)10-3-2-6-20-10/h2-3,6,9H,1,4-5,7-8H2,(H,14,17)(H,18,19)/t9-/m0/s1. The van der Waals surface area contributed by atoms with Gasteiger partial charge in [-0.1, -0.05) is 0 Å². The number of amides is 2. The van der Waals surface area contributed by atoms with Gasteiger partial charge in [0.1, 0.15) is 6.04 Å². The van der Waals surface area contributed by atoms with E-state index in [4.69, 9.17) is 9.52 Å². The Morgan fingerprint density at radius 1 is 1.48 bits per heavy atom. The number of rotatable bonds is 6. The van der Waals surface area contributed by atoms with Crippen LogP contribution in [0.3, 0.4) is 0 Å². The molecule has 0 unspecified atom stereocenters. The molecular weight excluding hydrogens is 296 g/mol. The van der Waals surface area contributed by atoms with Gasteiger partial charge in [-0.2, -0.15) is 0 Å². The Morgan fingerprint density at radius 2 is 2.29 bits per heavy atom. The molecule has 0 spiro atoms. The van der Waals surface area contributed by atoms with Crippen LogP contribution in [0.1, 0.15) is 23.4 Å². The van der Waals surface area contributed by atoms with Gasteiger partial charge in [0.05, 0.1) is 12.1 Å². The molecule has 1 aliphatic heterocycles. The second kappa shape index (κ2) is 7.16. The van der Waals surface area contributed by atoms with Crippen LogP contribution in [0, 0.1) is 0 Å². The largest absolute Gasteiger partial charge is 0.480 e. The van der Waals surface area contributed by atoms with E-state index in [0.29, 0.717) is 24.6 Å². The maximum atomic E-state index is 12.0. The summed E-state index contributed by atoms with van der Waals surface area (Å²) in [5.74, 6) is -0.430. The summed E-state index contributed by atoms with van der Waals surface area (Å²) in [6.07, 6.45) is 2.08. The lowest BCUT2D eigenvalue weighted by Gasteiger charge is -2.20. The molecule has 2 amide bonds. The van der Waals surface area contributed by atoms with Crippen molar-refractivity contribution in [3.05, 3.63) is 24.2 Å². The van der Waals surface area contributed by atoms with Gasteiger partial charge < -0.3 is 19.7 Å². The van der Waals surface area contributed by atoms with E-state index in [2.05, 4.69) is 5.32 Å². The summed E-state index contributed by atoms with van der Waals surface area (Å²) in [6, 6.07) is 2.44. The van der Waals surface area contributed by atoms with E-state index >= 15 is 0 Å². The van der Waals surface area contributed by atoms with Crippen LogP contribution >= 0.6 is 11.8 Å². The first-order chi connectivity index (χ1) is 10.1. The third-order valence-electron chi connectivity index (χ3n) is 3.09. The van der Waals surface area contributed by atoms with Crippen LogP contribution in [-0.4, -0.2) is 52.0 Å². The number of carbonyl (C=O) groups is 3. The Morgan fingerprint density at radius 3 is 2.95 bits per heavy atom. The van der Waals surface area contributed by atoms with Gasteiger partial charge in [0.2, 0.25) is 5.91 Å². The molecule has 1 fully saturated rings. The zero-order valence-corrected chi connectivity index (χ0v) is 12.1. The van der Waals surface area contributed by atoms with E-state index in [1.807, 2.05) is 0 Å². The fourth-order valence-corrected chi connectivity index (χ4v) is 3.14. The summed E-state index contributed by atoms with van der Waals surface area (Å²) in [7, 11) is 0. The molecule has 1 aliphatic rings. The van der Waals surface area contributed by atoms with E-state index in [1.165, 1.54) is 22.9 Å². The number of nitrogens with one attached hydrogen (secondary N) is 1. The minimum Gasteiger partial charge on any atom is -0.480 e. The molecule has 0 saturated carbocycles. The topological polar surface area (TPSA) is 99.9 Å². The number of aliphatic carboxylic acids is 1. The normalized spacial score (nSPS) is 17.7. The Bertz CT molecular complexity index is 517. The van der Waals surface area contributed by atoms with Gasteiger partial charge in [0.25, 0.3) is 5.91 Å². The summed E-state index contributed by atoms with van der Waals surface area (Å²) >= 11 is 1.43. The smallest absolute Gasteiger partial charge is 0.327 e. The third-order valence-corrected chi connectivity index (χ3v) is 4.10. The third kappa shape index (κ3) is 4.01. The van der Waals surface area contributed by atoms with Crippen molar-refractivity contribution >= 4 is 29.5 Å². The van der Waals surface area contributed by atoms with Crippen molar-refractivity contribution in [1.29, 1.82) is 0 Å². The van der Waals surface area contributed by atoms with Gasteiger partial charge in [0.15, 0.2) is 5.76 Å². The van der Waals surface area contributed by atoms with Crippen LogP contribution in [0.2, 0.25) is 0 Å². The van der Waals surface area contributed by atoms with Crippen molar-refractivity contribution in [2.45, 2.75) is 18.9 Å². The van der Waals surface area contributed by atoms with Crippen molar-refractivity contribution in [1.82, 2.24) is 10.2 Å². The highest BCUT2D eigenvalue weighted by Gasteiger charge is 2.33. The average molecular weight is 312 g/mol. The maximum absolute atomic E-state index is 12.0. The molecule has 1 aromatic heterocycles. The Labute approximate surface area is 125 Å². The van der Waals surface area contributed by atoms with Gasteiger partial charge in [-0.25, -0.2) is 4.79 Å². The Kier molecular flexibility index (Phi) is 5.26. The van der Waals surface area contributed by atoms with Crippen LogP contribution in [0.4, 0.5) is 0 Å². The SMILES string of the molecule is O=C(NCCCC(=O)N1CSC[C@H]1C(=O)O)c1ccco1. The molecule has 8 heteroatoms. The molecule has 2 heterocycles. The molecular formula is C13H16N2O5S. The number of furan rings is 1. The van der Waals surface area contributed by atoms with Gasteiger partial charge in [-0.15, -0.1) is 11.8 Å². The predicted octanol–water partition coefficient (Wildman–Crippen LogP) is 0.776. The number of hydrogen-bond acceptors (Lipinski definition) is 5. The highest BCUT2D eigenvalue weighted by molar-refractivity contribution is 7.99. The fourth-order valence-electron chi connectivity index (χ4n) is 1.97. The first-order valence-corrected chi connectivity index (χ1v) is 7.67. The van der Waals surface area contributed by atoms with Crippen LogP contribution in [0.15, 0.2) is 22.8 Å². The van der Waals surface area contributed by atoms with Gasteiger partial charge >= 0.3 is 5.97 Å². The monoisotopic (exact) mass is 312 g/mol. The molecule has 21 heavy (non-hydrogen) atoms. The van der Waals surface area contributed by atoms with Crippen molar-refractivity contribution < 1.29 is 23.9 Å². The maximum Gasteiger partial charge on any atom is 0.327 e. The zero-order valence-electron chi connectivity index (χ0n) is 11.3. The van der Waals surface area contributed by atoms with Crippen molar-refractivity contribution in [3.63, 3.8) is 0 Å². The molecule has 0 bridgehead atoms. The second-order valence-electron chi connectivity index (χ2n) is 4.55. The Hall–Kier alpha value is -1.96. The number of nitrogens with zero attached hydrogens (tertiary/aromatic N) is 1. The van der Waals surface area contributed by atoms with Crippen LogP contribution in [0.5, 0.6) is 0 Å². The summed E-state index contributed by atoms with van der Waals surface area (Å²) in [4.78, 5) is 35.9. The van der Waals surface area contributed by atoms with Gasteiger partial charge in [-0.3, -0.25) is 9.59 Å². The molecule has 0 aromatic carbocycles. The summed E-state index contributed by atoms with van der Waals surface area (Å²) in [5, 5.41) is 11.6. The summed E-state index contributed by atoms with van der Waals surface area (Å²) < 4.78 is 4.94. The number of hydrogen-bond donors (Lipinski definition) is 2. The van der Waals surface area contributed by atoms with Crippen molar-refractivity contribution in [2.75, 3.05) is 18.2 Å². The molecule has 2 rings (SSSR count). The van der Waals surface area contributed by atoms with E-state index in [-0.39, 0.29) is 24.0 Å². The number of carboxylic acids is 1. The van der Waals surface area contributed by atoms with Gasteiger partial charge in [-0.05, 0) is 18.6 Å². The zero-order chi connectivity index (χ0) is 15.2. The second-order valence-corrected chi connectivity index (χ2v) is 5.55. The van der Waals surface area contributed by atoms with E-state index < -0.39 is 12.0 Å². The van der Waals surface area contributed by atoms with E-state index in [9.17, 15) is 14.4 Å². The van der Waals surface area contributed by atoms with E-state index in [1.54, 1.807) is 12.1 Å². The molecule has 1 saturated heterocycles. The van der Waals surface area contributed by atoms with Crippen LogP contribution in [0.25, 0.3) is 0 Å². The average Bonchev–Trinajstić information content (AvgIpc) is 3.12. The number of thioether (sulfide) groups is 1. The lowest BCUT2D eigenvalue weighted by molar-refractivity contribution is -0.147. The first kappa shape index (κ1) is 15.4. The molecule has 0 radical (unpaired) electrons. The lowest BCUT2D eigenvalue weighted by Crippen LogP contribution is -2.41. The van der Waals surface area contributed by atoms with Crippen molar-refractivity contribution in [3.8, 4) is 0 Å². The summed E-state index contributed by atoms with van der Waals surface area (Å²) in [6.45, 7) is 0.337. The Balaban J connectivity index is 1.70. The molecule has 0 aliphatic carbocycles. The highest BCUT2D eigenvalue weighted by atomic mass is 32.2. The van der Waals surface area contributed by atoms with Gasteiger partial charge in [0, 0.05) is 18.7 Å². The first-order valence-electron chi connectivity index (χ1n) is 6.51. The minimum absolute atomic E-state index is 0.195. The minimum atomic E-state index is -0.973.